The van der Waals surface area contributed by atoms with Gasteiger partial charge in [-0.2, -0.15) is 0 Å². The van der Waals surface area contributed by atoms with Crippen LogP contribution < -0.4 is 5.32 Å². The first-order valence-corrected chi connectivity index (χ1v) is 11.0. The van der Waals surface area contributed by atoms with Crippen molar-refractivity contribution in [3.8, 4) is 11.3 Å². The summed E-state index contributed by atoms with van der Waals surface area (Å²) in [5.41, 5.74) is 2.93. The van der Waals surface area contributed by atoms with Gasteiger partial charge in [0.2, 0.25) is 5.91 Å². The second kappa shape index (κ2) is 8.62. The Balaban J connectivity index is 1.70. The van der Waals surface area contributed by atoms with Crippen molar-refractivity contribution in [3.63, 3.8) is 0 Å². The van der Waals surface area contributed by atoms with Gasteiger partial charge in [-0.1, -0.05) is 17.3 Å². The monoisotopic (exact) mass is 426 g/mol. The summed E-state index contributed by atoms with van der Waals surface area (Å²) < 4.78 is 30.9. The van der Waals surface area contributed by atoms with Crippen LogP contribution in [0.25, 0.3) is 11.3 Å². The molecular formula is C22H22N2O5S. The highest BCUT2D eigenvalue weighted by atomic mass is 32.2. The molecule has 3 rings (SSSR count). The van der Waals surface area contributed by atoms with Gasteiger partial charge in [0.05, 0.1) is 16.3 Å². The first-order valence-electron chi connectivity index (χ1n) is 9.33. The molecule has 30 heavy (non-hydrogen) atoms. The lowest BCUT2D eigenvalue weighted by Crippen LogP contribution is -2.18. The van der Waals surface area contributed by atoms with Crippen molar-refractivity contribution in [1.82, 2.24) is 5.16 Å². The summed E-state index contributed by atoms with van der Waals surface area (Å²) in [5, 5.41) is 6.47. The van der Waals surface area contributed by atoms with Crippen LogP contribution in [0.3, 0.4) is 0 Å². The molecule has 0 aliphatic heterocycles. The molecule has 1 amide bonds. The number of nitrogens with zero attached hydrogens (tertiary/aromatic N) is 1. The molecule has 0 fully saturated rings. The van der Waals surface area contributed by atoms with Gasteiger partial charge in [0.1, 0.15) is 0 Å². The molecule has 2 aromatic carbocycles. The molecule has 0 bridgehead atoms. The first kappa shape index (κ1) is 21.4. The maximum Gasteiger partial charge on any atom is 0.225 e. The Morgan fingerprint density at radius 2 is 1.73 bits per heavy atom. The summed E-state index contributed by atoms with van der Waals surface area (Å²) in [6, 6.07) is 13.2. The predicted octanol–water partition coefficient (Wildman–Crippen LogP) is 3.96. The number of rotatable bonds is 7. The van der Waals surface area contributed by atoms with Gasteiger partial charge in [0.15, 0.2) is 21.4 Å². The smallest absolute Gasteiger partial charge is 0.225 e. The summed E-state index contributed by atoms with van der Waals surface area (Å²) in [5.74, 6) is -0.342. The largest absolute Gasteiger partial charge is 0.356 e. The van der Waals surface area contributed by atoms with E-state index in [1.54, 1.807) is 62.4 Å². The van der Waals surface area contributed by atoms with E-state index in [4.69, 9.17) is 4.52 Å². The molecule has 8 heteroatoms. The molecule has 0 spiro atoms. The number of ketones is 1. The van der Waals surface area contributed by atoms with Crippen LogP contribution in [0.1, 0.15) is 35.0 Å². The zero-order chi connectivity index (χ0) is 21.9. The van der Waals surface area contributed by atoms with E-state index in [1.165, 1.54) is 6.92 Å². The molecule has 1 aromatic heterocycles. The standard InChI is InChI=1S/C22H22N2O5S/c1-14-4-5-18(20-12-15(2)24-29-20)13-21(14)30(27,28)11-10-22(26)23-19-8-6-17(7-9-19)16(3)25/h4-9,12-13H,10-11H2,1-3H3,(H,23,26). The van der Waals surface area contributed by atoms with Gasteiger partial charge in [-0.15, -0.1) is 0 Å². The van der Waals surface area contributed by atoms with Crippen LogP contribution in [0.5, 0.6) is 0 Å². The molecule has 156 valence electrons. The van der Waals surface area contributed by atoms with Crippen molar-refractivity contribution < 1.29 is 22.5 Å². The number of carbonyl (C=O) groups excluding carboxylic acids is 2. The number of hydrogen-bond acceptors (Lipinski definition) is 6. The van der Waals surface area contributed by atoms with E-state index in [2.05, 4.69) is 10.5 Å². The molecule has 3 aromatic rings. The van der Waals surface area contributed by atoms with Crippen molar-refractivity contribution in [1.29, 1.82) is 0 Å². The van der Waals surface area contributed by atoms with E-state index in [0.29, 0.717) is 33.8 Å². The second-order valence-corrected chi connectivity index (χ2v) is 9.14. The predicted molar refractivity (Wildman–Crippen MR) is 113 cm³/mol. The Morgan fingerprint density at radius 3 is 2.33 bits per heavy atom. The van der Waals surface area contributed by atoms with Crippen LogP contribution >= 0.6 is 0 Å². The number of amides is 1. The van der Waals surface area contributed by atoms with Gasteiger partial charge in [-0.05, 0) is 56.7 Å². The lowest BCUT2D eigenvalue weighted by Gasteiger charge is -2.10. The molecule has 0 aliphatic carbocycles. The molecule has 0 unspecified atom stereocenters. The van der Waals surface area contributed by atoms with Crippen LogP contribution in [-0.4, -0.2) is 31.0 Å². The minimum Gasteiger partial charge on any atom is -0.356 e. The molecule has 0 radical (unpaired) electrons. The molecule has 0 atom stereocenters. The third kappa shape index (κ3) is 5.01. The van der Waals surface area contributed by atoms with Gasteiger partial charge in [-0.25, -0.2) is 8.42 Å². The van der Waals surface area contributed by atoms with Crippen LogP contribution in [0.4, 0.5) is 5.69 Å². The minimum atomic E-state index is -3.69. The topological polar surface area (TPSA) is 106 Å². The SMILES string of the molecule is CC(=O)c1ccc(NC(=O)CCS(=O)(=O)c2cc(-c3cc(C)no3)ccc2C)cc1. The number of hydrogen-bond donors (Lipinski definition) is 1. The van der Waals surface area contributed by atoms with Crippen molar-refractivity contribution in [2.75, 3.05) is 11.1 Å². The van der Waals surface area contributed by atoms with Gasteiger partial charge < -0.3 is 9.84 Å². The summed E-state index contributed by atoms with van der Waals surface area (Å²) in [6.07, 6.45) is -0.193. The van der Waals surface area contributed by atoms with E-state index in [-0.39, 0.29) is 22.9 Å². The number of aromatic nitrogens is 1. The highest BCUT2D eigenvalue weighted by Crippen LogP contribution is 2.26. The molecule has 0 aliphatic rings. The third-order valence-corrected chi connectivity index (χ3v) is 6.46. The second-order valence-electron chi connectivity index (χ2n) is 7.06. The summed E-state index contributed by atoms with van der Waals surface area (Å²) >= 11 is 0. The lowest BCUT2D eigenvalue weighted by atomic mass is 10.1. The van der Waals surface area contributed by atoms with Crippen LogP contribution in [0, 0.1) is 13.8 Å². The number of aryl methyl sites for hydroxylation is 2. The van der Waals surface area contributed by atoms with Crippen LogP contribution in [-0.2, 0) is 14.6 Å². The van der Waals surface area contributed by atoms with Crippen molar-refractivity contribution in [3.05, 3.63) is 65.4 Å². The maximum atomic E-state index is 12.9. The lowest BCUT2D eigenvalue weighted by molar-refractivity contribution is -0.115. The fourth-order valence-corrected chi connectivity index (χ4v) is 4.48. The average Bonchev–Trinajstić information content (AvgIpc) is 3.13. The molecule has 1 N–H and O–H groups in total. The van der Waals surface area contributed by atoms with Gasteiger partial charge >= 0.3 is 0 Å². The number of Topliss-reactive ketones (excluding diaryl/α,β-unsaturated/α-hetero) is 1. The highest BCUT2D eigenvalue weighted by Gasteiger charge is 2.20. The van der Waals surface area contributed by atoms with Crippen molar-refractivity contribution in [2.45, 2.75) is 32.1 Å². The molecule has 7 nitrogen and oxygen atoms in total. The van der Waals surface area contributed by atoms with Gasteiger partial charge in [0, 0.05) is 29.3 Å². The summed E-state index contributed by atoms with van der Waals surface area (Å²) in [7, 11) is -3.69. The Morgan fingerprint density at radius 1 is 1.03 bits per heavy atom. The Labute approximate surface area is 175 Å². The molecule has 0 saturated heterocycles. The van der Waals surface area contributed by atoms with Crippen LogP contribution in [0.15, 0.2) is 57.9 Å². The zero-order valence-electron chi connectivity index (χ0n) is 16.9. The van der Waals surface area contributed by atoms with E-state index in [1.807, 2.05) is 0 Å². The summed E-state index contributed by atoms with van der Waals surface area (Å²) in [4.78, 5) is 23.7. The Kier molecular flexibility index (Phi) is 6.17. The Hall–Kier alpha value is -3.26. The minimum absolute atomic E-state index is 0.0722. The molecular weight excluding hydrogens is 404 g/mol. The highest BCUT2D eigenvalue weighted by molar-refractivity contribution is 7.91. The Bertz CT molecular complexity index is 1190. The number of benzene rings is 2. The average molecular weight is 426 g/mol. The normalized spacial score (nSPS) is 11.3. The fourth-order valence-electron chi connectivity index (χ4n) is 2.94. The van der Waals surface area contributed by atoms with Crippen molar-refractivity contribution >= 4 is 27.2 Å². The first-order chi connectivity index (χ1) is 14.2. The zero-order valence-corrected chi connectivity index (χ0v) is 17.7. The van der Waals surface area contributed by atoms with E-state index >= 15 is 0 Å². The van der Waals surface area contributed by atoms with E-state index in [9.17, 15) is 18.0 Å². The third-order valence-electron chi connectivity index (χ3n) is 4.61. The number of anilines is 1. The van der Waals surface area contributed by atoms with E-state index < -0.39 is 15.7 Å². The van der Waals surface area contributed by atoms with Gasteiger partial charge in [-0.3, -0.25) is 9.59 Å². The number of sulfone groups is 1. The number of nitrogens with one attached hydrogen (secondary N) is 1. The quantitative estimate of drug-likeness (QED) is 0.573. The fraction of sp³-hybridized carbons (Fsp3) is 0.227. The van der Waals surface area contributed by atoms with E-state index in [0.717, 1.165) is 0 Å². The van der Waals surface area contributed by atoms with Gasteiger partial charge in [0.25, 0.3) is 0 Å². The van der Waals surface area contributed by atoms with Crippen molar-refractivity contribution in [2.24, 2.45) is 0 Å². The van der Waals surface area contributed by atoms with Crippen LogP contribution in [0.2, 0.25) is 0 Å². The maximum absolute atomic E-state index is 12.9. The number of carbonyl (C=O) groups is 2. The molecule has 1 heterocycles. The summed E-state index contributed by atoms with van der Waals surface area (Å²) in [6.45, 7) is 4.95. The molecule has 0 saturated carbocycles.